The van der Waals surface area contributed by atoms with Gasteiger partial charge in [-0.15, -0.1) is 0 Å². The molecule has 27 heavy (non-hydrogen) atoms. The highest BCUT2D eigenvalue weighted by molar-refractivity contribution is 6.27. The van der Waals surface area contributed by atoms with Gasteiger partial charge in [0.15, 0.2) is 5.78 Å². The summed E-state index contributed by atoms with van der Waals surface area (Å²) >= 11 is 0. The van der Waals surface area contributed by atoms with E-state index >= 15 is 0 Å². The van der Waals surface area contributed by atoms with E-state index in [1.807, 2.05) is 26.0 Å². The lowest BCUT2D eigenvalue weighted by molar-refractivity contribution is -0.131. The minimum atomic E-state index is -0.684. The number of nitrogens with zero attached hydrogens (tertiary/aromatic N) is 2. The van der Waals surface area contributed by atoms with Crippen LogP contribution in [0.5, 0.6) is 0 Å². The predicted molar refractivity (Wildman–Crippen MR) is 98.3 cm³/mol. The number of amides is 2. The number of hydrogen-bond acceptors (Lipinski definition) is 4. The molecular weight excluding hydrogens is 344 g/mol. The van der Waals surface area contributed by atoms with Crippen LogP contribution in [0.25, 0.3) is 0 Å². The molecule has 0 saturated carbocycles. The normalized spacial score (nSPS) is 34.7. The fraction of sp³-hybridized carbons (Fsp3) is 0.476. The van der Waals surface area contributed by atoms with Crippen molar-refractivity contribution in [2.24, 2.45) is 11.8 Å². The number of likely N-dealkylation sites (N-methyl/N-ethyl adjacent to an activating group) is 1. The molecule has 4 atom stereocenters. The number of carbonyl (C=O) groups excluding carboxylic acids is 3. The van der Waals surface area contributed by atoms with Gasteiger partial charge in [0, 0.05) is 24.2 Å². The molecule has 6 heteroatoms. The Morgan fingerprint density at radius 2 is 1.93 bits per heavy atom. The third kappa shape index (κ3) is 1.69. The second-order valence-corrected chi connectivity index (χ2v) is 8.71. The van der Waals surface area contributed by atoms with Crippen LogP contribution in [0.3, 0.4) is 0 Å². The zero-order chi connectivity index (χ0) is 19.4. The molecule has 0 aromatic heterocycles. The molecule has 140 valence electrons. The van der Waals surface area contributed by atoms with Crippen LogP contribution < -0.4 is 4.90 Å². The Morgan fingerprint density at radius 3 is 2.59 bits per heavy atom. The zero-order valence-corrected chi connectivity index (χ0v) is 15.8. The average molecular weight is 366 g/mol. The molecule has 2 fully saturated rings. The van der Waals surface area contributed by atoms with Gasteiger partial charge in [0.05, 0.1) is 5.92 Å². The predicted octanol–water partition coefficient (Wildman–Crippen LogP) is 1.94. The zero-order valence-electron chi connectivity index (χ0n) is 15.8. The third-order valence-electron chi connectivity index (χ3n) is 7.21. The average Bonchev–Trinajstić information content (AvgIpc) is 3.11. The van der Waals surface area contributed by atoms with Crippen molar-refractivity contribution in [3.05, 3.63) is 40.7 Å². The summed E-state index contributed by atoms with van der Waals surface area (Å²) < 4.78 is 0. The number of carbonyl (C=O) groups is 3. The van der Waals surface area contributed by atoms with Gasteiger partial charge in [-0.05, 0) is 50.3 Å². The van der Waals surface area contributed by atoms with Crippen LogP contribution >= 0.6 is 0 Å². The number of allylic oxidation sites excluding steroid dienone is 1. The molecule has 2 amide bonds. The van der Waals surface area contributed by atoms with Crippen LogP contribution in [0, 0.1) is 11.8 Å². The van der Waals surface area contributed by atoms with E-state index in [0.717, 1.165) is 23.2 Å². The second kappa shape index (κ2) is 4.80. The highest BCUT2D eigenvalue weighted by atomic mass is 16.3. The highest BCUT2D eigenvalue weighted by Gasteiger charge is 2.68. The Labute approximate surface area is 157 Å². The SMILES string of the molecule is C/C(O)=C1\C(=O)[C@@H]2[C@H]3[C@@H]4C(=O)N(C)c5cccc(c54)C[C@H]3C(C)(C)N2C1=O. The number of Topliss-reactive ketones (excluding diaryl/α,β-unsaturated/α-hetero) is 1. The lowest BCUT2D eigenvalue weighted by atomic mass is 9.64. The number of benzene rings is 1. The molecule has 0 bridgehead atoms. The highest BCUT2D eigenvalue weighted by Crippen LogP contribution is 2.60. The number of hydrogen-bond donors (Lipinski definition) is 1. The van der Waals surface area contributed by atoms with Gasteiger partial charge < -0.3 is 14.9 Å². The maximum atomic E-state index is 13.2. The second-order valence-electron chi connectivity index (χ2n) is 8.71. The fourth-order valence-corrected chi connectivity index (χ4v) is 6.06. The summed E-state index contributed by atoms with van der Waals surface area (Å²) in [5.41, 5.74) is 2.36. The van der Waals surface area contributed by atoms with Gasteiger partial charge in [-0.3, -0.25) is 14.4 Å². The van der Waals surface area contributed by atoms with Crippen LogP contribution in [0.4, 0.5) is 5.69 Å². The van der Waals surface area contributed by atoms with Crippen molar-refractivity contribution in [2.45, 2.75) is 44.7 Å². The Balaban J connectivity index is 1.75. The van der Waals surface area contributed by atoms with Crippen LogP contribution in [0.2, 0.25) is 0 Å². The van der Waals surface area contributed by atoms with E-state index < -0.39 is 23.4 Å². The number of anilines is 1. The summed E-state index contributed by atoms with van der Waals surface area (Å²) in [5.74, 6) is -1.67. The van der Waals surface area contributed by atoms with E-state index in [1.165, 1.54) is 6.92 Å². The smallest absolute Gasteiger partial charge is 0.262 e. The first-order valence-electron chi connectivity index (χ1n) is 9.35. The van der Waals surface area contributed by atoms with E-state index in [0.29, 0.717) is 0 Å². The number of aliphatic hydroxyl groups excluding tert-OH is 1. The largest absolute Gasteiger partial charge is 0.512 e. The molecule has 5 rings (SSSR count). The maximum absolute atomic E-state index is 13.2. The first kappa shape index (κ1) is 16.5. The van der Waals surface area contributed by atoms with Crippen molar-refractivity contribution in [3.8, 4) is 0 Å². The molecule has 3 aliphatic heterocycles. The van der Waals surface area contributed by atoms with Gasteiger partial charge in [-0.25, -0.2) is 0 Å². The summed E-state index contributed by atoms with van der Waals surface area (Å²) in [6.07, 6.45) is 0.739. The summed E-state index contributed by atoms with van der Waals surface area (Å²) in [4.78, 5) is 42.7. The first-order valence-corrected chi connectivity index (χ1v) is 9.35. The molecule has 1 aromatic carbocycles. The fourth-order valence-electron chi connectivity index (χ4n) is 6.06. The Morgan fingerprint density at radius 1 is 1.22 bits per heavy atom. The first-order chi connectivity index (χ1) is 12.7. The summed E-state index contributed by atoms with van der Waals surface area (Å²) in [5, 5.41) is 9.94. The van der Waals surface area contributed by atoms with Gasteiger partial charge in [0.1, 0.15) is 17.4 Å². The molecule has 4 aliphatic rings. The molecule has 2 saturated heterocycles. The van der Waals surface area contributed by atoms with E-state index in [-0.39, 0.29) is 34.9 Å². The van der Waals surface area contributed by atoms with Crippen molar-refractivity contribution in [3.63, 3.8) is 0 Å². The standard InChI is InChI=1S/C21H22N2O4/c1-9(24)13-18(25)17-15-11(21(2,3)23(17)20(13)27)8-10-6-5-7-12-14(10)16(15)19(26)22(12)4/h5-7,11,15-17,24H,8H2,1-4H3/b13-9-/t11-,15-,16-,17+/m1/s1. The van der Waals surface area contributed by atoms with E-state index in [1.54, 1.807) is 16.8 Å². The quantitative estimate of drug-likeness (QED) is 0.432. The Bertz CT molecular complexity index is 972. The molecule has 0 unspecified atom stereocenters. The van der Waals surface area contributed by atoms with Crippen molar-refractivity contribution in [2.75, 3.05) is 11.9 Å². The monoisotopic (exact) mass is 366 g/mol. The lowest BCUT2D eigenvalue weighted by Gasteiger charge is -2.39. The topological polar surface area (TPSA) is 77.9 Å². The molecule has 1 aliphatic carbocycles. The van der Waals surface area contributed by atoms with Crippen molar-refractivity contribution >= 4 is 23.3 Å². The minimum Gasteiger partial charge on any atom is -0.512 e. The van der Waals surface area contributed by atoms with Gasteiger partial charge in [0.2, 0.25) is 5.91 Å². The van der Waals surface area contributed by atoms with Crippen molar-refractivity contribution in [1.82, 2.24) is 4.90 Å². The van der Waals surface area contributed by atoms with Gasteiger partial charge in [-0.2, -0.15) is 0 Å². The maximum Gasteiger partial charge on any atom is 0.262 e. The summed E-state index contributed by atoms with van der Waals surface area (Å²) in [6, 6.07) is 5.28. The van der Waals surface area contributed by atoms with Gasteiger partial charge >= 0.3 is 0 Å². The number of aliphatic hydroxyl groups is 1. The summed E-state index contributed by atoms with van der Waals surface area (Å²) in [7, 11) is 1.77. The van der Waals surface area contributed by atoms with Crippen LogP contribution in [0.1, 0.15) is 37.8 Å². The lowest BCUT2D eigenvalue weighted by Crippen LogP contribution is -2.46. The van der Waals surface area contributed by atoms with Crippen LogP contribution in [0.15, 0.2) is 29.5 Å². The number of fused-ring (bicyclic) bond motifs is 4. The molecular formula is C21H22N2O4. The molecule has 3 heterocycles. The van der Waals surface area contributed by atoms with Crippen molar-refractivity contribution in [1.29, 1.82) is 0 Å². The van der Waals surface area contributed by atoms with Crippen LogP contribution in [-0.2, 0) is 20.8 Å². The van der Waals surface area contributed by atoms with Gasteiger partial charge in [-0.1, -0.05) is 12.1 Å². The number of ketones is 1. The van der Waals surface area contributed by atoms with Crippen LogP contribution in [-0.4, -0.2) is 46.2 Å². The number of rotatable bonds is 0. The van der Waals surface area contributed by atoms with E-state index in [4.69, 9.17) is 0 Å². The Hall–Kier alpha value is -2.63. The van der Waals surface area contributed by atoms with Crippen molar-refractivity contribution < 1.29 is 19.5 Å². The van der Waals surface area contributed by atoms with E-state index in [9.17, 15) is 19.5 Å². The van der Waals surface area contributed by atoms with E-state index in [2.05, 4.69) is 6.07 Å². The molecule has 1 aromatic rings. The molecule has 1 N–H and O–H groups in total. The summed E-state index contributed by atoms with van der Waals surface area (Å²) in [6.45, 7) is 5.33. The molecule has 0 spiro atoms. The minimum absolute atomic E-state index is 0.0109. The third-order valence-corrected chi connectivity index (χ3v) is 7.21. The molecule has 6 nitrogen and oxygen atoms in total. The molecule has 0 radical (unpaired) electrons. The Kier molecular flexibility index (Phi) is 2.94. The van der Waals surface area contributed by atoms with Gasteiger partial charge in [0.25, 0.3) is 5.91 Å².